The largest absolute Gasteiger partial charge is 0.238 e. The highest BCUT2D eigenvalue weighted by Crippen LogP contribution is 2.35. The lowest BCUT2D eigenvalue weighted by Crippen LogP contribution is -2.15. The molecule has 17 heavy (non-hydrogen) atoms. The normalized spacial score (nSPS) is 24.9. The summed E-state index contributed by atoms with van der Waals surface area (Å²) in [7, 11) is 0. The molecule has 0 saturated heterocycles. The van der Waals surface area contributed by atoms with Gasteiger partial charge in [-0.2, -0.15) is 0 Å². The third-order valence-electron chi connectivity index (χ3n) is 3.84. The van der Waals surface area contributed by atoms with Crippen molar-refractivity contribution < 1.29 is 0 Å². The molecule has 0 aromatic carbocycles. The minimum Gasteiger partial charge on any atom is -0.238 e. The second-order valence-electron chi connectivity index (χ2n) is 5.26. The Kier molecular flexibility index (Phi) is 4.03. The molecule has 2 atom stereocenters. The number of nitrogens with zero attached hydrogens (tertiary/aromatic N) is 2. The van der Waals surface area contributed by atoms with E-state index < -0.39 is 0 Å². The van der Waals surface area contributed by atoms with E-state index in [2.05, 4.69) is 23.8 Å². The summed E-state index contributed by atoms with van der Waals surface area (Å²) in [5.41, 5.74) is 2.15. The average Bonchev–Trinajstić information content (AvgIpc) is 2.28. The van der Waals surface area contributed by atoms with Crippen LogP contribution in [0.1, 0.15) is 62.5 Å². The number of aromatic nitrogens is 2. The summed E-state index contributed by atoms with van der Waals surface area (Å²) in [5.74, 6) is 2.28. The van der Waals surface area contributed by atoms with Gasteiger partial charge in [-0.3, -0.25) is 0 Å². The van der Waals surface area contributed by atoms with E-state index >= 15 is 0 Å². The van der Waals surface area contributed by atoms with Gasteiger partial charge in [-0.05, 0) is 32.1 Å². The Balaban J connectivity index is 2.27. The molecule has 1 aliphatic carbocycles. The first-order valence-electron chi connectivity index (χ1n) is 6.64. The van der Waals surface area contributed by atoms with Gasteiger partial charge < -0.3 is 0 Å². The molecule has 1 aromatic rings. The fourth-order valence-electron chi connectivity index (χ4n) is 2.83. The van der Waals surface area contributed by atoms with Gasteiger partial charge in [-0.15, -0.1) is 0 Å². The Bertz CT molecular complexity index is 380. The number of hydrogen-bond acceptors (Lipinski definition) is 2. The molecule has 0 spiro atoms. The molecule has 2 unspecified atom stereocenters. The zero-order valence-electron chi connectivity index (χ0n) is 11.0. The van der Waals surface area contributed by atoms with Crippen molar-refractivity contribution in [3.63, 3.8) is 0 Å². The van der Waals surface area contributed by atoms with Gasteiger partial charge in [0.15, 0.2) is 0 Å². The van der Waals surface area contributed by atoms with E-state index in [1.807, 2.05) is 6.92 Å². The van der Waals surface area contributed by atoms with E-state index in [1.165, 1.54) is 25.7 Å². The molecule has 1 aliphatic rings. The van der Waals surface area contributed by atoms with E-state index in [-0.39, 0.29) is 0 Å². The summed E-state index contributed by atoms with van der Waals surface area (Å²) in [5, 5.41) is 0.660. The van der Waals surface area contributed by atoms with Crippen LogP contribution in [-0.2, 0) is 6.42 Å². The monoisotopic (exact) mass is 252 g/mol. The highest BCUT2D eigenvalue weighted by atomic mass is 35.5. The lowest BCUT2D eigenvalue weighted by molar-refractivity contribution is 0.335. The zero-order chi connectivity index (χ0) is 12.4. The molecule has 0 N–H and O–H groups in total. The van der Waals surface area contributed by atoms with Crippen molar-refractivity contribution >= 4 is 11.6 Å². The van der Waals surface area contributed by atoms with Gasteiger partial charge in [-0.1, -0.05) is 38.3 Å². The Hall–Kier alpha value is -0.630. The predicted molar refractivity (Wildman–Crippen MR) is 71.5 cm³/mol. The number of hydrogen-bond donors (Lipinski definition) is 0. The third-order valence-corrected chi connectivity index (χ3v) is 4.15. The van der Waals surface area contributed by atoms with Crippen LogP contribution in [0.25, 0.3) is 0 Å². The van der Waals surface area contributed by atoms with Crippen LogP contribution >= 0.6 is 11.6 Å². The highest BCUT2D eigenvalue weighted by Gasteiger charge is 2.23. The van der Waals surface area contributed by atoms with Gasteiger partial charge in [0.2, 0.25) is 0 Å². The molecule has 1 fully saturated rings. The molecule has 3 heteroatoms. The molecule has 1 aromatic heterocycles. The molecule has 0 radical (unpaired) electrons. The molecule has 0 amide bonds. The van der Waals surface area contributed by atoms with Gasteiger partial charge in [0, 0.05) is 17.2 Å². The Morgan fingerprint density at radius 2 is 2.06 bits per heavy atom. The fourth-order valence-corrected chi connectivity index (χ4v) is 3.19. The smallest absolute Gasteiger partial charge is 0.136 e. The molecule has 2 rings (SSSR count). The van der Waals surface area contributed by atoms with Crippen molar-refractivity contribution in [3.05, 3.63) is 22.2 Å². The summed E-state index contributed by atoms with van der Waals surface area (Å²) in [6.45, 7) is 6.46. The summed E-state index contributed by atoms with van der Waals surface area (Å²) in [6, 6.07) is 0. The van der Waals surface area contributed by atoms with Gasteiger partial charge in [0.25, 0.3) is 0 Å². The Morgan fingerprint density at radius 1 is 1.29 bits per heavy atom. The second kappa shape index (κ2) is 5.34. The quantitative estimate of drug-likeness (QED) is 0.734. The molecule has 2 nitrogen and oxygen atoms in total. The maximum Gasteiger partial charge on any atom is 0.136 e. The minimum atomic E-state index is 0.515. The van der Waals surface area contributed by atoms with E-state index in [9.17, 15) is 0 Å². The lowest BCUT2D eigenvalue weighted by Gasteiger charge is -2.26. The van der Waals surface area contributed by atoms with Crippen LogP contribution in [0.15, 0.2) is 0 Å². The zero-order valence-corrected chi connectivity index (χ0v) is 11.7. The van der Waals surface area contributed by atoms with Crippen molar-refractivity contribution in [2.24, 2.45) is 5.92 Å². The first-order valence-corrected chi connectivity index (χ1v) is 7.02. The van der Waals surface area contributed by atoms with Crippen LogP contribution in [0.2, 0.25) is 5.15 Å². The van der Waals surface area contributed by atoms with Crippen LogP contribution in [0.4, 0.5) is 0 Å². The van der Waals surface area contributed by atoms with Crippen molar-refractivity contribution in [2.45, 2.75) is 58.8 Å². The van der Waals surface area contributed by atoms with Crippen LogP contribution < -0.4 is 0 Å². The summed E-state index contributed by atoms with van der Waals surface area (Å²) >= 11 is 6.24. The molecular weight excluding hydrogens is 232 g/mol. The SMILES string of the molecule is CCc1c(C)nc(C2CCCC(C)C2)nc1Cl. The summed E-state index contributed by atoms with van der Waals surface area (Å²) in [6.07, 6.45) is 5.97. The van der Waals surface area contributed by atoms with Crippen molar-refractivity contribution in [2.75, 3.05) is 0 Å². The van der Waals surface area contributed by atoms with E-state index in [0.29, 0.717) is 11.1 Å². The first-order chi connectivity index (χ1) is 8.11. The molecule has 1 heterocycles. The van der Waals surface area contributed by atoms with E-state index in [1.54, 1.807) is 0 Å². The van der Waals surface area contributed by atoms with Crippen molar-refractivity contribution in [1.82, 2.24) is 9.97 Å². The summed E-state index contributed by atoms with van der Waals surface area (Å²) < 4.78 is 0. The number of rotatable bonds is 2. The molecule has 0 bridgehead atoms. The molecule has 94 valence electrons. The second-order valence-corrected chi connectivity index (χ2v) is 5.62. The number of aryl methyl sites for hydroxylation is 1. The van der Waals surface area contributed by atoms with E-state index in [0.717, 1.165) is 29.4 Å². The van der Waals surface area contributed by atoms with Gasteiger partial charge in [-0.25, -0.2) is 9.97 Å². The van der Waals surface area contributed by atoms with Crippen LogP contribution in [0.3, 0.4) is 0 Å². The predicted octanol–water partition coefficient (Wildman–Crippen LogP) is 4.29. The lowest BCUT2D eigenvalue weighted by atomic mass is 9.82. The van der Waals surface area contributed by atoms with Crippen LogP contribution in [-0.4, -0.2) is 9.97 Å². The summed E-state index contributed by atoms with van der Waals surface area (Å²) in [4.78, 5) is 9.18. The van der Waals surface area contributed by atoms with Crippen LogP contribution in [0.5, 0.6) is 0 Å². The Morgan fingerprint density at radius 3 is 2.65 bits per heavy atom. The van der Waals surface area contributed by atoms with Gasteiger partial charge in [0.1, 0.15) is 11.0 Å². The number of halogens is 1. The average molecular weight is 253 g/mol. The standard InChI is InChI=1S/C14H21ClN2/c1-4-12-10(3)16-14(17-13(12)15)11-7-5-6-9(2)8-11/h9,11H,4-8H2,1-3H3. The first kappa shape index (κ1) is 12.8. The Labute approximate surface area is 109 Å². The van der Waals surface area contributed by atoms with Crippen molar-refractivity contribution in [3.8, 4) is 0 Å². The maximum absolute atomic E-state index is 6.24. The van der Waals surface area contributed by atoms with Crippen molar-refractivity contribution in [1.29, 1.82) is 0 Å². The third kappa shape index (κ3) is 2.79. The molecular formula is C14H21ClN2. The molecule has 0 aliphatic heterocycles. The van der Waals surface area contributed by atoms with Gasteiger partial charge >= 0.3 is 0 Å². The van der Waals surface area contributed by atoms with Crippen LogP contribution in [0, 0.1) is 12.8 Å². The maximum atomic E-state index is 6.24. The van der Waals surface area contributed by atoms with E-state index in [4.69, 9.17) is 11.6 Å². The minimum absolute atomic E-state index is 0.515. The van der Waals surface area contributed by atoms with Gasteiger partial charge in [0.05, 0.1) is 0 Å². The molecule has 1 saturated carbocycles. The topological polar surface area (TPSA) is 25.8 Å². The fraction of sp³-hybridized carbons (Fsp3) is 0.714. The highest BCUT2D eigenvalue weighted by molar-refractivity contribution is 6.30.